The second-order valence-electron chi connectivity index (χ2n) is 10.8. The number of anilines is 1. The van der Waals surface area contributed by atoms with E-state index in [1.807, 2.05) is 0 Å². The number of rotatable bonds is 3. The van der Waals surface area contributed by atoms with Gasteiger partial charge in [0, 0.05) is 44.3 Å². The van der Waals surface area contributed by atoms with Crippen LogP contribution in [-0.4, -0.2) is 49.7 Å². The Morgan fingerprint density at radius 3 is 2.68 bits per heavy atom. The third-order valence-electron chi connectivity index (χ3n) is 8.92. The van der Waals surface area contributed by atoms with Gasteiger partial charge in [-0.05, 0) is 75.5 Å². The van der Waals surface area contributed by atoms with Crippen molar-refractivity contribution in [3.05, 3.63) is 40.5 Å². The van der Waals surface area contributed by atoms with Gasteiger partial charge in [-0.1, -0.05) is 30.2 Å². The molecule has 4 heteroatoms. The van der Waals surface area contributed by atoms with Crippen LogP contribution in [0.5, 0.6) is 0 Å². The van der Waals surface area contributed by atoms with Crippen LogP contribution >= 0.6 is 0 Å². The number of esters is 1. The summed E-state index contributed by atoms with van der Waals surface area (Å²) < 4.78 is 5.99. The first-order valence-electron chi connectivity index (χ1n) is 12.3. The smallest absolute Gasteiger partial charge is 0.310 e. The molecule has 3 fully saturated rings. The summed E-state index contributed by atoms with van der Waals surface area (Å²) in [6.45, 7) is 14.1. The molecule has 31 heavy (non-hydrogen) atoms. The molecule has 1 aromatic carbocycles. The van der Waals surface area contributed by atoms with Gasteiger partial charge in [-0.3, -0.25) is 9.69 Å². The van der Waals surface area contributed by atoms with E-state index in [-0.39, 0.29) is 23.4 Å². The molecule has 168 valence electrons. The molecule has 0 bridgehead atoms. The zero-order valence-electron chi connectivity index (χ0n) is 19.7. The van der Waals surface area contributed by atoms with Gasteiger partial charge in [0.1, 0.15) is 6.10 Å². The van der Waals surface area contributed by atoms with Crippen molar-refractivity contribution in [2.24, 2.45) is 17.3 Å². The lowest BCUT2D eigenvalue weighted by Gasteiger charge is -2.46. The maximum Gasteiger partial charge on any atom is 0.310 e. The summed E-state index contributed by atoms with van der Waals surface area (Å²) in [4.78, 5) is 17.9. The summed E-state index contributed by atoms with van der Waals surface area (Å²) >= 11 is 0. The molecule has 4 atom stereocenters. The van der Waals surface area contributed by atoms with E-state index in [0.717, 1.165) is 45.6 Å². The van der Waals surface area contributed by atoms with Crippen molar-refractivity contribution in [2.45, 2.75) is 65.9 Å². The van der Waals surface area contributed by atoms with Crippen LogP contribution in [0.1, 0.15) is 57.1 Å². The maximum absolute atomic E-state index is 12.9. The summed E-state index contributed by atoms with van der Waals surface area (Å²) in [6.07, 6.45) is 6.02. The Hall–Kier alpha value is -1.81. The minimum atomic E-state index is 0.0454. The number of fused-ring (bicyclic) bond motifs is 2. The third kappa shape index (κ3) is 3.71. The highest BCUT2D eigenvalue weighted by Gasteiger charge is 2.53. The zero-order chi connectivity index (χ0) is 21.8. The van der Waals surface area contributed by atoms with E-state index in [9.17, 15) is 4.79 Å². The number of piperazine rings is 1. The number of ether oxygens (including phenoxy) is 1. The summed E-state index contributed by atoms with van der Waals surface area (Å²) in [5.41, 5.74) is 7.62. The Bertz CT molecular complexity index is 898. The molecule has 2 heterocycles. The number of hydrogen-bond acceptors (Lipinski definition) is 4. The van der Waals surface area contributed by atoms with Crippen LogP contribution < -0.4 is 4.90 Å². The van der Waals surface area contributed by atoms with E-state index < -0.39 is 0 Å². The monoisotopic (exact) mass is 422 g/mol. The Morgan fingerprint density at radius 1 is 1.13 bits per heavy atom. The number of carbonyl (C=O) groups is 1. The molecule has 0 N–H and O–H groups in total. The molecule has 4 nitrogen and oxygen atoms in total. The summed E-state index contributed by atoms with van der Waals surface area (Å²) in [7, 11) is 0. The average Bonchev–Trinajstić information content (AvgIpc) is 3.03. The standard InChI is InChI=1S/C27H38N2O2/c1-18-7-5-9-24(20(18)3)29-13-11-28(12-14-29)17-22-21-15-23-19(2)8-6-10-27(23,4)16-25(21)31-26(22)30/h5,7,9,21-22,25H,6,8,10-17H2,1-4H3/t21-,22+,25+,27+/m0/s1. The normalized spacial score (nSPS) is 33.9. The fraction of sp³-hybridized carbons (Fsp3) is 0.667. The number of hydrogen-bond donors (Lipinski definition) is 0. The lowest BCUT2D eigenvalue weighted by atomic mass is 9.59. The van der Waals surface area contributed by atoms with Crippen molar-refractivity contribution in [1.82, 2.24) is 4.90 Å². The SMILES string of the molecule is CC1=C2C[C@@H]3[C@@H](C[C@@]2(C)CCC1)OC(=O)[C@@H]3CN1CCN(c2cccc(C)c2C)CC1. The molecule has 0 spiro atoms. The van der Waals surface area contributed by atoms with Crippen molar-refractivity contribution in [1.29, 1.82) is 0 Å². The zero-order valence-corrected chi connectivity index (χ0v) is 19.7. The minimum Gasteiger partial charge on any atom is -0.462 e. The molecule has 0 radical (unpaired) electrons. The van der Waals surface area contributed by atoms with Crippen LogP contribution in [0.25, 0.3) is 0 Å². The Balaban J connectivity index is 1.25. The van der Waals surface area contributed by atoms with Gasteiger partial charge < -0.3 is 9.64 Å². The van der Waals surface area contributed by atoms with Crippen molar-refractivity contribution < 1.29 is 9.53 Å². The third-order valence-corrected chi connectivity index (χ3v) is 8.92. The van der Waals surface area contributed by atoms with Crippen molar-refractivity contribution in [2.75, 3.05) is 37.6 Å². The topological polar surface area (TPSA) is 32.8 Å². The highest BCUT2D eigenvalue weighted by Crippen LogP contribution is 2.55. The molecule has 1 saturated carbocycles. The molecule has 2 aliphatic heterocycles. The van der Waals surface area contributed by atoms with Crippen LogP contribution in [0.15, 0.2) is 29.3 Å². The van der Waals surface area contributed by atoms with E-state index in [0.29, 0.717) is 5.92 Å². The van der Waals surface area contributed by atoms with Gasteiger partial charge >= 0.3 is 5.97 Å². The predicted molar refractivity (Wildman–Crippen MR) is 125 cm³/mol. The van der Waals surface area contributed by atoms with Crippen LogP contribution in [-0.2, 0) is 9.53 Å². The molecule has 4 aliphatic rings. The van der Waals surface area contributed by atoms with Gasteiger partial charge in [-0.2, -0.15) is 0 Å². The Kier molecular flexibility index (Phi) is 5.40. The summed E-state index contributed by atoms with van der Waals surface area (Å²) in [5, 5.41) is 0. The molecule has 0 unspecified atom stereocenters. The first kappa shape index (κ1) is 21.1. The van der Waals surface area contributed by atoms with Gasteiger partial charge in [0.2, 0.25) is 0 Å². The molecular formula is C27H38N2O2. The van der Waals surface area contributed by atoms with Crippen LogP contribution in [0, 0.1) is 31.1 Å². The molecule has 5 rings (SSSR count). The Morgan fingerprint density at radius 2 is 1.90 bits per heavy atom. The second-order valence-corrected chi connectivity index (χ2v) is 10.8. The van der Waals surface area contributed by atoms with Crippen LogP contribution in [0.4, 0.5) is 5.69 Å². The van der Waals surface area contributed by atoms with Crippen LogP contribution in [0.3, 0.4) is 0 Å². The lowest BCUT2D eigenvalue weighted by molar-refractivity contribution is -0.145. The fourth-order valence-electron chi connectivity index (χ4n) is 6.85. The van der Waals surface area contributed by atoms with Gasteiger partial charge in [0.15, 0.2) is 0 Å². The Labute approximate surface area is 187 Å². The molecule has 0 aromatic heterocycles. The molecule has 2 aliphatic carbocycles. The highest BCUT2D eigenvalue weighted by atomic mass is 16.6. The molecule has 2 saturated heterocycles. The first-order valence-corrected chi connectivity index (χ1v) is 12.3. The predicted octanol–water partition coefficient (Wildman–Crippen LogP) is 4.88. The molecule has 0 amide bonds. The number of allylic oxidation sites excluding steroid dienone is 2. The van der Waals surface area contributed by atoms with E-state index in [1.54, 1.807) is 11.1 Å². The number of carbonyl (C=O) groups excluding carboxylic acids is 1. The van der Waals surface area contributed by atoms with Gasteiger partial charge in [0.05, 0.1) is 5.92 Å². The van der Waals surface area contributed by atoms with Gasteiger partial charge in [0.25, 0.3) is 0 Å². The minimum absolute atomic E-state index is 0.0454. The molecular weight excluding hydrogens is 384 g/mol. The first-order chi connectivity index (χ1) is 14.9. The number of aryl methyl sites for hydroxylation is 1. The number of nitrogens with zero attached hydrogens (tertiary/aromatic N) is 2. The quantitative estimate of drug-likeness (QED) is 0.513. The van der Waals surface area contributed by atoms with Gasteiger partial charge in [-0.25, -0.2) is 0 Å². The van der Waals surface area contributed by atoms with Gasteiger partial charge in [-0.15, -0.1) is 0 Å². The van der Waals surface area contributed by atoms with Crippen molar-refractivity contribution in [3.8, 4) is 0 Å². The second kappa shape index (κ2) is 7.95. The maximum atomic E-state index is 12.9. The largest absolute Gasteiger partial charge is 0.462 e. The highest BCUT2D eigenvalue weighted by molar-refractivity contribution is 5.76. The molecule has 1 aromatic rings. The lowest BCUT2D eigenvalue weighted by Crippen LogP contribution is -2.49. The van der Waals surface area contributed by atoms with Crippen molar-refractivity contribution >= 4 is 11.7 Å². The van der Waals surface area contributed by atoms with E-state index >= 15 is 0 Å². The summed E-state index contributed by atoms with van der Waals surface area (Å²) in [5.74, 6) is 0.483. The summed E-state index contributed by atoms with van der Waals surface area (Å²) in [6, 6.07) is 6.60. The van der Waals surface area contributed by atoms with E-state index in [2.05, 4.69) is 55.7 Å². The van der Waals surface area contributed by atoms with Crippen LogP contribution in [0.2, 0.25) is 0 Å². The van der Waals surface area contributed by atoms with E-state index in [1.165, 1.54) is 36.1 Å². The number of benzene rings is 1. The fourth-order valence-corrected chi connectivity index (χ4v) is 6.85. The van der Waals surface area contributed by atoms with E-state index in [4.69, 9.17) is 4.74 Å². The average molecular weight is 423 g/mol. The van der Waals surface area contributed by atoms with Crippen molar-refractivity contribution in [3.63, 3.8) is 0 Å².